The molecule has 0 amide bonds. The van der Waals surface area contributed by atoms with E-state index in [2.05, 4.69) is 87.7 Å². The van der Waals surface area contributed by atoms with Gasteiger partial charge in [0.05, 0.1) is 0 Å². The number of ether oxygens (including phenoxy) is 1. The van der Waals surface area contributed by atoms with E-state index in [0.717, 1.165) is 6.08 Å². The highest BCUT2D eigenvalue weighted by Gasteiger charge is 2.22. The average molecular weight is 507 g/mol. The number of carboxylic acids is 1. The van der Waals surface area contributed by atoms with Crippen LogP contribution in [0.5, 0.6) is 5.75 Å². The van der Waals surface area contributed by atoms with Crippen molar-refractivity contribution in [2.24, 2.45) is 0 Å². The molecule has 0 fully saturated rings. The van der Waals surface area contributed by atoms with Gasteiger partial charge in [0.25, 0.3) is 0 Å². The Labute approximate surface area is 225 Å². The van der Waals surface area contributed by atoms with Gasteiger partial charge in [0, 0.05) is 17.1 Å². The highest BCUT2D eigenvalue weighted by Crippen LogP contribution is 2.32. The van der Waals surface area contributed by atoms with Crippen LogP contribution in [0.15, 0.2) is 140 Å². The molecule has 1 N–H and O–H groups in total. The van der Waals surface area contributed by atoms with Crippen molar-refractivity contribution in [3.8, 4) is 16.9 Å². The predicted octanol–water partition coefficient (Wildman–Crippen LogP) is 8.10. The van der Waals surface area contributed by atoms with Gasteiger partial charge in [-0.25, -0.2) is 9.59 Å². The monoisotopic (exact) mass is 506 g/mol. The van der Waals surface area contributed by atoms with Gasteiger partial charge in [0.1, 0.15) is 5.75 Å². The van der Waals surface area contributed by atoms with Crippen LogP contribution in [0.3, 0.4) is 0 Å². The summed E-state index contributed by atoms with van der Waals surface area (Å²) in [4.78, 5) is 20.7. The maximum atomic E-state index is 11.1. The van der Waals surface area contributed by atoms with Crippen molar-refractivity contribution >= 4 is 11.9 Å². The molecule has 4 heteroatoms. The van der Waals surface area contributed by atoms with Gasteiger partial charge >= 0.3 is 11.9 Å². The van der Waals surface area contributed by atoms with E-state index in [-0.39, 0.29) is 11.0 Å². The van der Waals surface area contributed by atoms with Crippen molar-refractivity contribution in [2.75, 3.05) is 0 Å². The van der Waals surface area contributed by atoms with Gasteiger partial charge in [-0.3, -0.25) is 0 Å². The number of hydrogen-bond acceptors (Lipinski definition) is 3. The Kier molecular flexibility index (Phi) is 11.5. The molecule has 4 aromatic rings. The van der Waals surface area contributed by atoms with E-state index in [9.17, 15) is 9.59 Å². The summed E-state index contributed by atoms with van der Waals surface area (Å²) < 4.78 is 5.08. The summed E-state index contributed by atoms with van der Waals surface area (Å²) in [7, 11) is 0. The summed E-state index contributed by atoms with van der Waals surface area (Å²) >= 11 is 0. The fourth-order valence-corrected chi connectivity index (χ4v) is 3.38. The standard InChI is InChI=1S/C18H18O2.C12H10.C4H6O2/c1-4-17(19)20-16-12-10-15(11-13-16)18(2,3)14-8-6-5-7-9-14;1-3-7-11(8-4-1)12-9-5-2-6-10-12;1-3(2)4(5)6/h4-13H,1H2,2-3H3;1-10H;1H2,2H3,(H,5,6). The maximum absolute atomic E-state index is 11.1. The zero-order chi connectivity index (χ0) is 28.0. The van der Waals surface area contributed by atoms with Gasteiger partial charge in [-0.2, -0.15) is 0 Å². The number of carboxylic acid groups (broad SMARTS) is 1. The third-order valence-electron chi connectivity index (χ3n) is 5.70. The largest absolute Gasteiger partial charge is 0.478 e. The zero-order valence-electron chi connectivity index (χ0n) is 22.1. The molecule has 0 aliphatic heterocycles. The number of hydrogen-bond donors (Lipinski definition) is 1. The van der Waals surface area contributed by atoms with Crippen LogP contribution < -0.4 is 4.74 Å². The molecule has 0 bridgehead atoms. The van der Waals surface area contributed by atoms with E-state index in [1.165, 1.54) is 29.2 Å². The van der Waals surface area contributed by atoms with Gasteiger partial charge < -0.3 is 9.84 Å². The number of carbonyl (C=O) groups is 2. The first-order valence-corrected chi connectivity index (χ1v) is 12.1. The zero-order valence-corrected chi connectivity index (χ0v) is 22.1. The first-order chi connectivity index (χ1) is 18.1. The molecule has 0 aliphatic rings. The summed E-state index contributed by atoms with van der Waals surface area (Å²) in [5.74, 6) is -0.849. The first kappa shape index (κ1) is 29.5. The van der Waals surface area contributed by atoms with Crippen molar-refractivity contribution in [1.82, 2.24) is 0 Å². The minimum atomic E-state index is -0.935. The normalized spacial score (nSPS) is 9.97. The Morgan fingerprint density at radius 2 is 1.08 bits per heavy atom. The van der Waals surface area contributed by atoms with Crippen LogP contribution in [-0.2, 0) is 15.0 Å². The smallest absolute Gasteiger partial charge is 0.335 e. The van der Waals surface area contributed by atoms with E-state index in [4.69, 9.17) is 9.84 Å². The summed E-state index contributed by atoms with van der Waals surface area (Å²) in [6, 6.07) is 38.7. The van der Waals surface area contributed by atoms with Crippen LogP contribution in [0.2, 0.25) is 0 Å². The minimum absolute atomic E-state index is 0.0950. The summed E-state index contributed by atoms with van der Waals surface area (Å²) in [5.41, 5.74) is 5.05. The lowest BCUT2D eigenvalue weighted by Crippen LogP contribution is -2.18. The lowest BCUT2D eigenvalue weighted by atomic mass is 9.78. The van der Waals surface area contributed by atoms with Gasteiger partial charge in [-0.15, -0.1) is 0 Å². The quantitative estimate of drug-likeness (QED) is 0.163. The van der Waals surface area contributed by atoms with Crippen molar-refractivity contribution in [3.63, 3.8) is 0 Å². The highest BCUT2D eigenvalue weighted by molar-refractivity contribution is 5.84. The van der Waals surface area contributed by atoms with Gasteiger partial charge in [0.2, 0.25) is 0 Å². The SMILES string of the molecule is C=C(C)C(=O)O.C=CC(=O)Oc1ccc(C(C)(C)c2ccccc2)cc1.c1ccc(-c2ccccc2)cc1. The topological polar surface area (TPSA) is 63.6 Å². The molecule has 38 heavy (non-hydrogen) atoms. The van der Waals surface area contributed by atoms with Crippen LogP contribution in [0.4, 0.5) is 0 Å². The summed E-state index contributed by atoms with van der Waals surface area (Å²) in [5, 5.41) is 7.89. The molecule has 0 saturated carbocycles. The van der Waals surface area contributed by atoms with Crippen LogP contribution in [0, 0.1) is 0 Å². The average Bonchev–Trinajstić information content (AvgIpc) is 2.95. The molecule has 4 aromatic carbocycles. The van der Waals surface area contributed by atoms with Crippen LogP contribution in [-0.4, -0.2) is 17.0 Å². The van der Waals surface area contributed by atoms with Crippen LogP contribution in [0.1, 0.15) is 31.9 Å². The number of benzene rings is 4. The minimum Gasteiger partial charge on any atom is -0.478 e. The summed E-state index contributed by atoms with van der Waals surface area (Å²) in [6.45, 7) is 12.3. The number of carbonyl (C=O) groups excluding carboxylic acids is 1. The Morgan fingerprint density at radius 1 is 0.711 bits per heavy atom. The number of rotatable bonds is 6. The third kappa shape index (κ3) is 9.40. The fraction of sp³-hybridized carbons (Fsp3) is 0.118. The Morgan fingerprint density at radius 3 is 1.45 bits per heavy atom. The lowest BCUT2D eigenvalue weighted by Gasteiger charge is -2.26. The number of aliphatic carboxylic acids is 1. The van der Waals surface area contributed by atoms with Gasteiger partial charge in [0.15, 0.2) is 0 Å². The van der Waals surface area contributed by atoms with Crippen molar-refractivity contribution < 1.29 is 19.4 Å². The van der Waals surface area contributed by atoms with E-state index in [0.29, 0.717) is 5.75 Å². The van der Waals surface area contributed by atoms with E-state index >= 15 is 0 Å². The van der Waals surface area contributed by atoms with Crippen LogP contribution >= 0.6 is 0 Å². The van der Waals surface area contributed by atoms with Crippen LogP contribution in [0.25, 0.3) is 11.1 Å². The summed E-state index contributed by atoms with van der Waals surface area (Å²) in [6.07, 6.45) is 1.15. The lowest BCUT2D eigenvalue weighted by molar-refractivity contribution is -0.132. The Hall–Kier alpha value is -4.70. The highest BCUT2D eigenvalue weighted by atomic mass is 16.5. The molecular weight excluding hydrogens is 472 g/mol. The molecule has 0 aliphatic carbocycles. The molecule has 0 saturated heterocycles. The van der Waals surface area contributed by atoms with E-state index < -0.39 is 11.9 Å². The molecule has 0 atom stereocenters. The molecule has 4 rings (SSSR count). The second-order valence-corrected chi connectivity index (χ2v) is 8.96. The van der Waals surface area contributed by atoms with Gasteiger partial charge in [-0.1, -0.05) is 130 Å². The molecule has 194 valence electrons. The first-order valence-electron chi connectivity index (χ1n) is 12.1. The van der Waals surface area contributed by atoms with E-state index in [1.54, 1.807) is 12.1 Å². The molecule has 0 unspecified atom stereocenters. The Balaban J connectivity index is 0.000000237. The number of esters is 1. The third-order valence-corrected chi connectivity index (χ3v) is 5.70. The molecule has 0 spiro atoms. The molecule has 0 heterocycles. The predicted molar refractivity (Wildman–Crippen MR) is 155 cm³/mol. The molecule has 0 aromatic heterocycles. The fourth-order valence-electron chi connectivity index (χ4n) is 3.38. The maximum Gasteiger partial charge on any atom is 0.335 e. The van der Waals surface area contributed by atoms with Crippen molar-refractivity contribution in [2.45, 2.75) is 26.2 Å². The van der Waals surface area contributed by atoms with Gasteiger partial charge in [-0.05, 0) is 41.3 Å². The van der Waals surface area contributed by atoms with Crippen molar-refractivity contribution in [3.05, 3.63) is 151 Å². The Bertz CT molecular complexity index is 1260. The second kappa shape index (κ2) is 14.8. The van der Waals surface area contributed by atoms with E-state index in [1.807, 2.05) is 42.5 Å². The molecule has 4 nitrogen and oxygen atoms in total. The molecule has 0 radical (unpaired) electrons. The second-order valence-electron chi connectivity index (χ2n) is 8.96. The molecular formula is C34H34O4. The van der Waals surface area contributed by atoms with Crippen molar-refractivity contribution in [1.29, 1.82) is 0 Å².